The van der Waals surface area contributed by atoms with E-state index < -0.39 is 5.92 Å². The number of rotatable bonds is 11. The van der Waals surface area contributed by atoms with Gasteiger partial charge in [0.05, 0.1) is 25.7 Å². The maximum Gasteiger partial charge on any atom is 0.246 e. The number of aromatic nitrogens is 3. The van der Waals surface area contributed by atoms with Crippen molar-refractivity contribution in [3.63, 3.8) is 0 Å². The molecule has 0 spiro atoms. The molecular weight excluding hydrogens is 366 g/mol. The molecule has 3 N–H and O–H groups in total. The summed E-state index contributed by atoms with van der Waals surface area (Å²) < 4.78 is 5.33. The molecule has 1 aliphatic rings. The molecule has 28 heavy (non-hydrogen) atoms. The molecule has 0 aromatic carbocycles. The lowest BCUT2D eigenvalue weighted by Crippen LogP contribution is -2.41. The number of hydrogen-bond donors (Lipinski definition) is 3. The van der Waals surface area contributed by atoms with Crippen LogP contribution in [-0.2, 0) is 14.3 Å². The van der Waals surface area contributed by atoms with Gasteiger partial charge in [0, 0.05) is 13.1 Å². The zero-order valence-electron chi connectivity index (χ0n) is 16.4. The molecule has 0 bridgehead atoms. The molecule has 1 atom stereocenters. The van der Waals surface area contributed by atoms with Gasteiger partial charge in [-0.2, -0.15) is 15.0 Å². The van der Waals surface area contributed by atoms with Crippen LogP contribution in [0.3, 0.4) is 0 Å². The lowest BCUT2D eigenvalue weighted by atomic mass is 10.0. The fourth-order valence-corrected chi connectivity index (χ4v) is 2.86. The van der Waals surface area contributed by atoms with Gasteiger partial charge in [-0.1, -0.05) is 26.2 Å². The number of anilines is 2. The average molecular weight is 395 g/mol. The van der Waals surface area contributed by atoms with Crippen molar-refractivity contribution in [2.24, 2.45) is 5.92 Å². The number of ether oxygens (including phenoxy) is 1. The SMILES string of the molecule is CCCCCC(CN(O)C=O)C(=O)NNc1nc(C)nc(N2CCOCC2)n1. The number of carbonyl (C=O) groups is 2. The van der Waals surface area contributed by atoms with Gasteiger partial charge in [-0.05, 0) is 13.3 Å². The summed E-state index contributed by atoms with van der Waals surface area (Å²) in [5, 5.41) is 9.94. The molecule has 1 unspecified atom stereocenters. The summed E-state index contributed by atoms with van der Waals surface area (Å²) >= 11 is 0. The third kappa shape index (κ3) is 6.89. The molecule has 2 amide bonds. The van der Waals surface area contributed by atoms with Crippen LogP contribution < -0.4 is 15.8 Å². The predicted molar refractivity (Wildman–Crippen MR) is 102 cm³/mol. The van der Waals surface area contributed by atoms with Crippen LogP contribution in [0.15, 0.2) is 0 Å². The van der Waals surface area contributed by atoms with Crippen LogP contribution in [0.2, 0.25) is 0 Å². The summed E-state index contributed by atoms with van der Waals surface area (Å²) in [6, 6.07) is 0. The van der Waals surface area contributed by atoms with Crippen molar-refractivity contribution in [2.45, 2.75) is 39.5 Å². The molecule has 1 aromatic rings. The first-order valence-electron chi connectivity index (χ1n) is 9.55. The Hall–Kier alpha value is -2.53. The van der Waals surface area contributed by atoms with E-state index in [2.05, 4.69) is 32.7 Å². The van der Waals surface area contributed by atoms with Crippen LogP contribution in [0, 0.1) is 12.8 Å². The minimum atomic E-state index is -0.545. The van der Waals surface area contributed by atoms with Gasteiger partial charge < -0.3 is 9.64 Å². The van der Waals surface area contributed by atoms with E-state index in [1.165, 1.54) is 0 Å². The molecule has 156 valence electrons. The molecule has 0 saturated carbocycles. The van der Waals surface area contributed by atoms with Crippen LogP contribution in [0.5, 0.6) is 0 Å². The van der Waals surface area contributed by atoms with Crippen LogP contribution >= 0.6 is 0 Å². The number of nitrogens with zero attached hydrogens (tertiary/aromatic N) is 5. The first kappa shape index (κ1) is 21.8. The van der Waals surface area contributed by atoms with E-state index in [0.717, 1.165) is 19.3 Å². The second kappa shape index (κ2) is 11.3. The summed E-state index contributed by atoms with van der Waals surface area (Å²) in [5.41, 5.74) is 5.29. The van der Waals surface area contributed by atoms with Crippen LogP contribution in [0.1, 0.15) is 38.4 Å². The van der Waals surface area contributed by atoms with Crippen LogP contribution in [-0.4, -0.2) is 70.4 Å². The Morgan fingerprint density at radius 1 is 1.32 bits per heavy atom. The molecule has 1 saturated heterocycles. The number of hydroxylamine groups is 2. The van der Waals surface area contributed by atoms with E-state index in [-0.39, 0.29) is 24.8 Å². The van der Waals surface area contributed by atoms with Crippen molar-refractivity contribution in [1.82, 2.24) is 25.4 Å². The summed E-state index contributed by atoms with van der Waals surface area (Å²) in [6.45, 7) is 6.33. The van der Waals surface area contributed by atoms with E-state index in [9.17, 15) is 14.8 Å². The fourth-order valence-electron chi connectivity index (χ4n) is 2.86. The smallest absolute Gasteiger partial charge is 0.246 e. The highest BCUT2D eigenvalue weighted by molar-refractivity contribution is 5.80. The molecule has 2 heterocycles. The van der Waals surface area contributed by atoms with E-state index in [4.69, 9.17) is 4.74 Å². The number of nitrogens with one attached hydrogen (secondary N) is 2. The summed E-state index contributed by atoms with van der Waals surface area (Å²) in [7, 11) is 0. The highest BCUT2D eigenvalue weighted by Crippen LogP contribution is 2.13. The quantitative estimate of drug-likeness (QED) is 0.212. The zero-order chi connectivity index (χ0) is 20.4. The van der Waals surface area contributed by atoms with Crippen molar-refractivity contribution in [2.75, 3.05) is 43.2 Å². The number of hydrogen-bond acceptors (Lipinski definition) is 9. The third-order valence-electron chi connectivity index (χ3n) is 4.38. The van der Waals surface area contributed by atoms with E-state index in [0.29, 0.717) is 49.6 Å². The van der Waals surface area contributed by atoms with Crippen molar-refractivity contribution in [1.29, 1.82) is 0 Å². The maximum atomic E-state index is 12.5. The highest BCUT2D eigenvalue weighted by atomic mass is 16.5. The Balaban J connectivity index is 1.98. The number of aryl methyl sites for hydroxylation is 1. The highest BCUT2D eigenvalue weighted by Gasteiger charge is 2.21. The first-order chi connectivity index (χ1) is 13.5. The molecule has 11 heteroatoms. The molecular formula is C17H29N7O4. The van der Waals surface area contributed by atoms with E-state index in [1.807, 2.05) is 4.90 Å². The molecule has 2 rings (SSSR count). The monoisotopic (exact) mass is 395 g/mol. The van der Waals surface area contributed by atoms with E-state index >= 15 is 0 Å². The Morgan fingerprint density at radius 3 is 2.75 bits per heavy atom. The van der Waals surface area contributed by atoms with Gasteiger partial charge in [-0.25, -0.2) is 5.06 Å². The largest absolute Gasteiger partial charge is 0.378 e. The van der Waals surface area contributed by atoms with Crippen molar-refractivity contribution in [3.8, 4) is 0 Å². The minimum absolute atomic E-state index is 0.0734. The summed E-state index contributed by atoms with van der Waals surface area (Å²) in [5.74, 6) is 0.384. The molecule has 1 aliphatic heterocycles. The van der Waals surface area contributed by atoms with E-state index in [1.54, 1.807) is 6.92 Å². The second-order valence-corrected chi connectivity index (χ2v) is 6.64. The lowest BCUT2D eigenvalue weighted by molar-refractivity contribution is -0.154. The Morgan fingerprint density at radius 2 is 2.07 bits per heavy atom. The lowest BCUT2D eigenvalue weighted by Gasteiger charge is -2.27. The predicted octanol–water partition coefficient (Wildman–Crippen LogP) is 0.504. The Labute approximate surface area is 164 Å². The van der Waals surface area contributed by atoms with Gasteiger partial charge in [0.2, 0.25) is 24.2 Å². The van der Waals surface area contributed by atoms with Crippen LogP contribution in [0.4, 0.5) is 11.9 Å². The maximum absolute atomic E-state index is 12.5. The number of hydrazine groups is 1. The van der Waals surface area contributed by atoms with Gasteiger partial charge in [-0.3, -0.25) is 25.6 Å². The summed E-state index contributed by atoms with van der Waals surface area (Å²) in [4.78, 5) is 38.1. The van der Waals surface area contributed by atoms with Gasteiger partial charge in [-0.15, -0.1) is 0 Å². The fraction of sp³-hybridized carbons (Fsp3) is 0.706. The van der Waals surface area contributed by atoms with Gasteiger partial charge in [0.1, 0.15) is 5.82 Å². The number of unbranched alkanes of at least 4 members (excludes halogenated alkanes) is 2. The number of morpholine rings is 1. The van der Waals surface area contributed by atoms with Crippen molar-refractivity contribution in [3.05, 3.63) is 5.82 Å². The second-order valence-electron chi connectivity index (χ2n) is 6.64. The minimum Gasteiger partial charge on any atom is -0.378 e. The number of amides is 2. The van der Waals surface area contributed by atoms with Crippen molar-refractivity contribution >= 4 is 24.2 Å². The third-order valence-corrected chi connectivity index (χ3v) is 4.38. The molecule has 0 aliphatic carbocycles. The van der Waals surface area contributed by atoms with Gasteiger partial charge in [0.25, 0.3) is 0 Å². The Kier molecular flexibility index (Phi) is 8.82. The normalized spacial score (nSPS) is 15.0. The zero-order valence-corrected chi connectivity index (χ0v) is 16.4. The van der Waals surface area contributed by atoms with Crippen molar-refractivity contribution < 1.29 is 19.5 Å². The topological polar surface area (TPSA) is 133 Å². The number of carbonyl (C=O) groups excluding carboxylic acids is 2. The molecule has 1 fully saturated rings. The average Bonchev–Trinajstić information content (AvgIpc) is 2.71. The van der Waals surface area contributed by atoms with Gasteiger partial charge in [0.15, 0.2) is 0 Å². The molecule has 11 nitrogen and oxygen atoms in total. The van der Waals surface area contributed by atoms with Gasteiger partial charge >= 0.3 is 0 Å². The summed E-state index contributed by atoms with van der Waals surface area (Å²) in [6.07, 6.45) is 3.66. The molecule has 0 radical (unpaired) electrons. The molecule has 1 aromatic heterocycles. The van der Waals surface area contributed by atoms with Crippen LogP contribution in [0.25, 0.3) is 0 Å². The first-order valence-corrected chi connectivity index (χ1v) is 9.55. The Bertz CT molecular complexity index is 640. The standard InChI is InChI=1S/C17H29N7O4/c1-3-4-5-6-14(11-24(27)12-25)15(26)21-22-16-18-13(2)19-17(20-16)23-7-9-28-10-8-23/h12,14,27H,3-11H2,1-2H3,(H,21,26)(H,18,19,20,22).